The second kappa shape index (κ2) is 20.1. The molecule has 0 aromatic carbocycles. The molecule has 36 heavy (non-hydrogen) atoms. The van der Waals surface area contributed by atoms with Crippen molar-refractivity contribution in [2.24, 2.45) is 5.73 Å². The Morgan fingerprint density at radius 1 is 0.833 bits per heavy atom. The number of aryl methyl sites for hydroxylation is 1. The average molecular weight is 508 g/mol. The van der Waals surface area contributed by atoms with Gasteiger partial charge in [-0.1, -0.05) is 51.9 Å². The number of nitrogens with one attached hydrogen (secondary N) is 2. The van der Waals surface area contributed by atoms with Crippen molar-refractivity contribution in [3.63, 3.8) is 0 Å². The number of ether oxygens (including phenoxy) is 2. The largest absolute Gasteiger partial charge is 0.378 e. The lowest BCUT2D eigenvalue weighted by molar-refractivity contribution is -0.127. The van der Waals surface area contributed by atoms with Crippen LogP contribution in [0, 0.1) is 0 Å². The minimum absolute atomic E-state index is 0.266. The van der Waals surface area contributed by atoms with E-state index in [1.807, 2.05) is 4.90 Å². The van der Waals surface area contributed by atoms with Crippen molar-refractivity contribution in [2.45, 2.75) is 84.0 Å². The van der Waals surface area contributed by atoms with Gasteiger partial charge in [-0.3, -0.25) is 4.79 Å². The SMILES string of the molecule is CCCCCCCCCCc1nc(NCCCN2CCCC2=O)nc(NCCOCCOCCN)n1. The molecule has 0 spiro atoms. The molecule has 206 valence electrons. The Kier molecular flexibility index (Phi) is 16.8. The molecule has 0 radical (unpaired) electrons. The standard InChI is InChI=1S/C26H49N7O3/c1-2-3-4-5-6-7-8-9-12-23-30-25(28-15-11-18-33-17-10-13-24(33)34)32-26(31-23)29-16-20-36-22-21-35-19-14-27/h2-22,27H2,1H3,(H2,28,29,30,31,32). The first-order chi connectivity index (χ1) is 17.7. The number of hydrogen-bond donors (Lipinski definition) is 3. The molecule has 0 unspecified atom stereocenters. The molecule has 1 aliphatic rings. The van der Waals surface area contributed by atoms with Gasteiger partial charge in [0, 0.05) is 45.6 Å². The highest BCUT2D eigenvalue weighted by Gasteiger charge is 2.19. The molecule has 0 bridgehead atoms. The molecule has 4 N–H and O–H groups in total. The van der Waals surface area contributed by atoms with E-state index < -0.39 is 0 Å². The van der Waals surface area contributed by atoms with Crippen molar-refractivity contribution in [1.82, 2.24) is 19.9 Å². The molecule has 0 aliphatic carbocycles. The number of hydrogen-bond acceptors (Lipinski definition) is 9. The summed E-state index contributed by atoms with van der Waals surface area (Å²) in [5.74, 6) is 2.24. The van der Waals surface area contributed by atoms with Crippen LogP contribution < -0.4 is 16.4 Å². The van der Waals surface area contributed by atoms with E-state index in [-0.39, 0.29) is 5.91 Å². The van der Waals surface area contributed by atoms with Gasteiger partial charge in [0.2, 0.25) is 17.8 Å². The van der Waals surface area contributed by atoms with Crippen LogP contribution in [-0.4, -0.2) is 84.9 Å². The normalized spacial score (nSPS) is 13.5. The first-order valence-electron chi connectivity index (χ1n) is 14.1. The summed E-state index contributed by atoms with van der Waals surface area (Å²) < 4.78 is 10.9. The molecular weight excluding hydrogens is 458 g/mol. The summed E-state index contributed by atoms with van der Waals surface area (Å²) in [6.07, 6.45) is 13.6. The van der Waals surface area contributed by atoms with E-state index in [0.29, 0.717) is 57.8 Å². The summed E-state index contributed by atoms with van der Waals surface area (Å²) in [5, 5.41) is 6.58. The van der Waals surface area contributed by atoms with Gasteiger partial charge in [-0.05, 0) is 19.3 Å². The van der Waals surface area contributed by atoms with Crippen LogP contribution in [0.25, 0.3) is 0 Å². The third-order valence-corrected chi connectivity index (χ3v) is 6.16. The van der Waals surface area contributed by atoms with E-state index in [4.69, 9.17) is 15.2 Å². The molecule has 1 amide bonds. The van der Waals surface area contributed by atoms with Crippen LogP contribution in [0.4, 0.5) is 11.9 Å². The number of anilines is 2. The first-order valence-corrected chi connectivity index (χ1v) is 14.1. The van der Waals surface area contributed by atoms with Gasteiger partial charge in [0.05, 0.1) is 26.4 Å². The predicted octanol–water partition coefficient (Wildman–Crippen LogP) is 3.38. The summed E-state index contributed by atoms with van der Waals surface area (Å²) in [6, 6.07) is 0. The Morgan fingerprint density at radius 3 is 2.17 bits per heavy atom. The molecule has 2 rings (SSSR count). The van der Waals surface area contributed by atoms with Gasteiger partial charge in [-0.2, -0.15) is 15.0 Å². The number of rotatable bonds is 23. The number of likely N-dealkylation sites (tertiary alicyclic amines) is 1. The van der Waals surface area contributed by atoms with E-state index in [2.05, 4.69) is 32.5 Å². The summed E-state index contributed by atoms with van der Waals surface area (Å²) in [5.41, 5.74) is 5.40. The number of nitrogens with two attached hydrogens (primary N) is 1. The van der Waals surface area contributed by atoms with Crippen LogP contribution in [0.15, 0.2) is 0 Å². The number of carbonyl (C=O) groups excluding carboxylic acids is 1. The average Bonchev–Trinajstić information content (AvgIpc) is 3.29. The van der Waals surface area contributed by atoms with Gasteiger partial charge < -0.3 is 30.7 Å². The lowest BCUT2D eigenvalue weighted by atomic mass is 10.1. The zero-order chi connectivity index (χ0) is 25.7. The number of unbranched alkanes of at least 4 members (excludes halogenated alkanes) is 7. The topological polar surface area (TPSA) is 128 Å². The molecule has 1 aromatic heterocycles. The van der Waals surface area contributed by atoms with Crippen LogP contribution in [-0.2, 0) is 20.7 Å². The van der Waals surface area contributed by atoms with E-state index in [0.717, 1.165) is 51.1 Å². The monoisotopic (exact) mass is 507 g/mol. The van der Waals surface area contributed by atoms with E-state index >= 15 is 0 Å². The Bertz CT molecular complexity index is 670. The molecule has 2 heterocycles. The lowest BCUT2D eigenvalue weighted by Gasteiger charge is -2.15. The first kappa shape index (κ1) is 30.2. The van der Waals surface area contributed by atoms with Gasteiger partial charge in [-0.25, -0.2) is 0 Å². The van der Waals surface area contributed by atoms with E-state index in [1.165, 1.54) is 44.9 Å². The molecule has 1 fully saturated rings. The highest BCUT2D eigenvalue weighted by Crippen LogP contribution is 2.13. The summed E-state index contributed by atoms with van der Waals surface area (Å²) in [7, 11) is 0. The Balaban J connectivity index is 1.75. The van der Waals surface area contributed by atoms with Gasteiger partial charge in [0.25, 0.3) is 0 Å². The molecule has 0 atom stereocenters. The molecule has 0 saturated carbocycles. The van der Waals surface area contributed by atoms with E-state index in [9.17, 15) is 4.79 Å². The summed E-state index contributed by atoms with van der Waals surface area (Å²) in [6.45, 7) is 7.93. The van der Waals surface area contributed by atoms with Gasteiger partial charge in [0.1, 0.15) is 5.82 Å². The van der Waals surface area contributed by atoms with Gasteiger partial charge in [-0.15, -0.1) is 0 Å². The van der Waals surface area contributed by atoms with Crippen LogP contribution in [0.5, 0.6) is 0 Å². The number of amides is 1. The number of aromatic nitrogens is 3. The summed E-state index contributed by atoms with van der Waals surface area (Å²) in [4.78, 5) is 27.6. The molecule has 1 saturated heterocycles. The van der Waals surface area contributed by atoms with Crippen molar-refractivity contribution in [2.75, 3.05) is 69.8 Å². The highest BCUT2D eigenvalue weighted by atomic mass is 16.5. The molecule has 10 nitrogen and oxygen atoms in total. The third kappa shape index (κ3) is 13.9. The fourth-order valence-electron chi connectivity index (χ4n) is 4.16. The maximum absolute atomic E-state index is 11.8. The molecule has 1 aromatic rings. The smallest absolute Gasteiger partial charge is 0.227 e. The minimum atomic E-state index is 0.266. The maximum Gasteiger partial charge on any atom is 0.227 e. The molecular formula is C26H49N7O3. The molecule has 10 heteroatoms. The van der Waals surface area contributed by atoms with Crippen molar-refractivity contribution < 1.29 is 14.3 Å². The van der Waals surface area contributed by atoms with Gasteiger partial charge in [0.15, 0.2) is 0 Å². The Labute approximate surface area is 217 Å². The van der Waals surface area contributed by atoms with Crippen LogP contribution in [0.2, 0.25) is 0 Å². The Hall–Kier alpha value is -2.04. The number of nitrogens with zero attached hydrogens (tertiary/aromatic N) is 4. The van der Waals surface area contributed by atoms with Crippen molar-refractivity contribution in [3.8, 4) is 0 Å². The van der Waals surface area contributed by atoms with Crippen molar-refractivity contribution >= 4 is 17.8 Å². The predicted molar refractivity (Wildman–Crippen MR) is 144 cm³/mol. The van der Waals surface area contributed by atoms with Crippen molar-refractivity contribution in [1.29, 1.82) is 0 Å². The van der Waals surface area contributed by atoms with Crippen LogP contribution in [0.3, 0.4) is 0 Å². The minimum Gasteiger partial charge on any atom is -0.378 e. The summed E-state index contributed by atoms with van der Waals surface area (Å²) >= 11 is 0. The quantitative estimate of drug-likeness (QED) is 0.191. The van der Waals surface area contributed by atoms with Crippen LogP contribution >= 0.6 is 0 Å². The zero-order valence-electron chi connectivity index (χ0n) is 22.4. The third-order valence-electron chi connectivity index (χ3n) is 6.16. The maximum atomic E-state index is 11.8. The van der Waals surface area contributed by atoms with E-state index in [1.54, 1.807) is 0 Å². The zero-order valence-corrected chi connectivity index (χ0v) is 22.4. The fraction of sp³-hybridized carbons (Fsp3) is 0.846. The van der Waals surface area contributed by atoms with Crippen LogP contribution in [0.1, 0.15) is 83.4 Å². The second-order valence-electron chi connectivity index (χ2n) is 9.33. The highest BCUT2D eigenvalue weighted by molar-refractivity contribution is 5.78. The lowest BCUT2D eigenvalue weighted by Crippen LogP contribution is -2.27. The number of carbonyl (C=O) groups is 1. The molecule has 1 aliphatic heterocycles. The fourth-order valence-corrected chi connectivity index (χ4v) is 4.16. The van der Waals surface area contributed by atoms with Gasteiger partial charge >= 0.3 is 0 Å². The Morgan fingerprint density at radius 2 is 1.50 bits per heavy atom. The second-order valence-corrected chi connectivity index (χ2v) is 9.33. The van der Waals surface area contributed by atoms with Crippen molar-refractivity contribution in [3.05, 3.63) is 5.82 Å².